The third-order valence-electron chi connectivity index (χ3n) is 3.15. The van der Waals surface area contributed by atoms with Gasteiger partial charge in [0, 0.05) is 17.8 Å². The number of nitrogens with one attached hydrogen (secondary N) is 2. The highest BCUT2D eigenvalue weighted by Gasteiger charge is 2.14. The molecular weight excluding hydrogens is 355 g/mol. The first-order valence-electron chi connectivity index (χ1n) is 7.19. The van der Waals surface area contributed by atoms with E-state index in [2.05, 4.69) is 10.0 Å². The van der Waals surface area contributed by atoms with Crippen molar-refractivity contribution < 1.29 is 17.6 Å². The molecule has 2 N–H and O–H groups in total. The molecule has 0 unspecified atom stereocenters. The van der Waals surface area contributed by atoms with Gasteiger partial charge in [0.2, 0.25) is 10.0 Å². The van der Waals surface area contributed by atoms with E-state index in [0.29, 0.717) is 18.7 Å². The van der Waals surface area contributed by atoms with Crippen LogP contribution in [0.2, 0.25) is 5.02 Å². The van der Waals surface area contributed by atoms with Crippen molar-refractivity contribution in [1.82, 2.24) is 4.72 Å². The topological polar surface area (TPSA) is 75.3 Å². The van der Waals surface area contributed by atoms with Crippen LogP contribution >= 0.6 is 11.6 Å². The smallest absolute Gasteiger partial charge is 0.255 e. The van der Waals surface area contributed by atoms with Gasteiger partial charge in [0.25, 0.3) is 5.91 Å². The van der Waals surface area contributed by atoms with E-state index in [4.69, 9.17) is 11.6 Å². The Hall–Kier alpha value is -1.96. The molecule has 2 rings (SSSR count). The average Bonchev–Trinajstić information content (AvgIpc) is 2.56. The maximum absolute atomic E-state index is 13.1. The zero-order valence-corrected chi connectivity index (χ0v) is 14.4. The zero-order valence-electron chi connectivity index (χ0n) is 12.8. The molecule has 0 radical (unpaired) electrons. The summed E-state index contributed by atoms with van der Waals surface area (Å²) in [7, 11) is -3.57. The lowest BCUT2D eigenvalue weighted by atomic mass is 10.2. The molecule has 2 aromatic carbocycles. The molecule has 24 heavy (non-hydrogen) atoms. The second kappa shape index (κ2) is 7.74. The predicted molar refractivity (Wildman–Crippen MR) is 91.3 cm³/mol. The number of carbonyl (C=O) groups is 1. The van der Waals surface area contributed by atoms with E-state index in [1.807, 2.05) is 6.92 Å². The van der Waals surface area contributed by atoms with E-state index >= 15 is 0 Å². The predicted octanol–water partition coefficient (Wildman–Crippen LogP) is 3.42. The molecule has 0 heterocycles. The minimum absolute atomic E-state index is 0.0809. The lowest BCUT2D eigenvalue weighted by Gasteiger charge is -2.08. The fourth-order valence-corrected chi connectivity index (χ4v) is 3.20. The van der Waals surface area contributed by atoms with Gasteiger partial charge in [-0.25, -0.2) is 17.5 Å². The van der Waals surface area contributed by atoms with Gasteiger partial charge >= 0.3 is 0 Å². The quantitative estimate of drug-likeness (QED) is 0.818. The van der Waals surface area contributed by atoms with E-state index < -0.39 is 21.7 Å². The lowest BCUT2D eigenvalue weighted by Crippen LogP contribution is -2.24. The van der Waals surface area contributed by atoms with Crippen LogP contribution in [-0.2, 0) is 10.0 Å². The maximum Gasteiger partial charge on any atom is 0.255 e. The van der Waals surface area contributed by atoms with E-state index in [9.17, 15) is 17.6 Å². The van der Waals surface area contributed by atoms with Crippen molar-refractivity contribution >= 4 is 33.2 Å². The van der Waals surface area contributed by atoms with Crippen molar-refractivity contribution in [2.45, 2.75) is 18.2 Å². The number of hydrogen-bond donors (Lipinski definition) is 2. The van der Waals surface area contributed by atoms with E-state index in [0.717, 1.165) is 6.07 Å². The molecule has 0 saturated carbocycles. The Labute approximate surface area is 144 Å². The Kier molecular flexibility index (Phi) is 5.93. The molecule has 5 nitrogen and oxygen atoms in total. The average molecular weight is 371 g/mol. The van der Waals surface area contributed by atoms with Crippen LogP contribution in [0.3, 0.4) is 0 Å². The lowest BCUT2D eigenvalue weighted by molar-refractivity contribution is 0.102. The van der Waals surface area contributed by atoms with Gasteiger partial charge in [-0.1, -0.05) is 18.5 Å². The summed E-state index contributed by atoms with van der Waals surface area (Å²) in [6, 6.07) is 9.33. The Balaban J connectivity index is 2.12. The number of sulfonamides is 1. The summed E-state index contributed by atoms with van der Waals surface area (Å²) in [5.41, 5.74) is 0.609. The second-order valence-electron chi connectivity index (χ2n) is 5.01. The maximum atomic E-state index is 13.1. The Bertz CT molecular complexity index is 839. The summed E-state index contributed by atoms with van der Waals surface area (Å²) in [4.78, 5) is 12.2. The summed E-state index contributed by atoms with van der Waals surface area (Å²) in [5.74, 6) is -1.04. The molecule has 0 bridgehead atoms. The molecule has 2 aromatic rings. The van der Waals surface area contributed by atoms with Gasteiger partial charge < -0.3 is 5.32 Å². The monoisotopic (exact) mass is 370 g/mol. The van der Waals surface area contributed by atoms with E-state index in [-0.39, 0.29) is 15.5 Å². The SMILES string of the molecule is CCCNS(=O)(=O)c1ccc(C(=O)Nc2ccc(F)c(Cl)c2)cc1. The van der Waals surface area contributed by atoms with Crippen LogP contribution < -0.4 is 10.0 Å². The largest absolute Gasteiger partial charge is 0.322 e. The van der Waals surface area contributed by atoms with Gasteiger partial charge in [0.15, 0.2) is 0 Å². The second-order valence-corrected chi connectivity index (χ2v) is 7.18. The zero-order chi connectivity index (χ0) is 17.7. The van der Waals surface area contributed by atoms with Gasteiger partial charge in [-0.15, -0.1) is 0 Å². The number of hydrogen-bond acceptors (Lipinski definition) is 3. The van der Waals surface area contributed by atoms with Crippen molar-refractivity contribution in [2.24, 2.45) is 0 Å². The molecule has 0 saturated heterocycles. The standard InChI is InChI=1S/C16H16ClFN2O3S/c1-2-9-19-24(22,23)13-6-3-11(4-7-13)16(21)20-12-5-8-15(18)14(17)10-12/h3-8,10,19H,2,9H2,1H3,(H,20,21). The van der Waals surface area contributed by atoms with Gasteiger partial charge in [0.05, 0.1) is 9.92 Å². The third kappa shape index (κ3) is 4.53. The van der Waals surface area contributed by atoms with E-state index in [1.165, 1.54) is 36.4 Å². The van der Waals surface area contributed by atoms with E-state index in [1.54, 1.807) is 0 Å². The first kappa shape index (κ1) is 18.4. The number of carbonyl (C=O) groups excluding carboxylic acids is 1. The van der Waals surface area contributed by atoms with Crippen LogP contribution in [0.4, 0.5) is 10.1 Å². The fraction of sp³-hybridized carbons (Fsp3) is 0.188. The molecule has 128 valence electrons. The van der Waals surface area contributed by atoms with Crippen LogP contribution in [0.1, 0.15) is 23.7 Å². The van der Waals surface area contributed by atoms with Gasteiger partial charge in [-0.05, 0) is 48.9 Å². The molecule has 0 aliphatic rings. The molecule has 0 atom stereocenters. The number of halogens is 2. The molecule has 0 aliphatic carbocycles. The summed E-state index contributed by atoms with van der Waals surface area (Å²) in [6.07, 6.45) is 0.681. The van der Waals surface area contributed by atoms with Crippen molar-refractivity contribution in [3.8, 4) is 0 Å². The number of benzene rings is 2. The Morgan fingerprint density at radius 3 is 2.42 bits per heavy atom. The number of rotatable bonds is 6. The van der Waals surface area contributed by atoms with Crippen molar-refractivity contribution in [3.63, 3.8) is 0 Å². The summed E-state index contributed by atoms with van der Waals surface area (Å²) in [5, 5.41) is 2.46. The van der Waals surface area contributed by atoms with Gasteiger partial charge in [0.1, 0.15) is 5.82 Å². The summed E-state index contributed by atoms with van der Waals surface area (Å²) < 4.78 is 39.5. The van der Waals surface area contributed by atoms with Crippen LogP contribution in [0, 0.1) is 5.82 Å². The van der Waals surface area contributed by atoms with Crippen LogP contribution in [-0.4, -0.2) is 20.9 Å². The Morgan fingerprint density at radius 1 is 1.17 bits per heavy atom. The number of amides is 1. The highest BCUT2D eigenvalue weighted by molar-refractivity contribution is 7.89. The summed E-state index contributed by atoms with van der Waals surface area (Å²) in [6.45, 7) is 2.20. The van der Waals surface area contributed by atoms with Crippen LogP contribution in [0.25, 0.3) is 0 Å². The third-order valence-corrected chi connectivity index (χ3v) is 4.91. The molecular formula is C16H16ClFN2O3S. The highest BCUT2D eigenvalue weighted by atomic mass is 35.5. The first-order chi connectivity index (χ1) is 11.3. The molecule has 0 aliphatic heterocycles. The minimum atomic E-state index is -3.57. The highest BCUT2D eigenvalue weighted by Crippen LogP contribution is 2.20. The van der Waals surface area contributed by atoms with Crippen LogP contribution in [0.15, 0.2) is 47.4 Å². The summed E-state index contributed by atoms with van der Waals surface area (Å²) >= 11 is 5.66. The van der Waals surface area contributed by atoms with Crippen molar-refractivity contribution in [3.05, 3.63) is 58.9 Å². The van der Waals surface area contributed by atoms with Crippen molar-refractivity contribution in [2.75, 3.05) is 11.9 Å². The van der Waals surface area contributed by atoms with Gasteiger partial charge in [-0.3, -0.25) is 4.79 Å². The minimum Gasteiger partial charge on any atom is -0.322 e. The normalized spacial score (nSPS) is 11.3. The molecule has 0 spiro atoms. The first-order valence-corrected chi connectivity index (χ1v) is 9.05. The van der Waals surface area contributed by atoms with Gasteiger partial charge in [-0.2, -0.15) is 0 Å². The molecule has 8 heteroatoms. The van der Waals surface area contributed by atoms with Crippen LogP contribution in [0.5, 0.6) is 0 Å². The molecule has 1 amide bonds. The number of anilines is 1. The molecule has 0 fully saturated rings. The molecule has 0 aromatic heterocycles. The fourth-order valence-electron chi connectivity index (χ4n) is 1.88. The van der Waals surface area contributed by atoms with Crippen molar-refractivity contribution in [1.29, 1.82) is 0 Å². The Morgan fingerprint density at radius 2 is 1.83 bits per heavy atom.